The van der Waals surface area contributed by atoms with E-state index in [1.54, 1.807) is 0 Å². The van der Waals surface area contributed by atoms with Gasteiger partial charge in [0.2, 0.25) is 0 Å². The monoisotopic (exact) mass is 271 g/mol. The van der Waals surface area contributed by atoms with E-state index in [1.165, 1.54) is 12.8 Å². The van der Waals surface area contributed by atoms with Crippen LogP contribution in [0.2, 0.25) is 5.02 Å². The van der Waals surface area contributed by atoms with Crippen molar-refractivity contribution in [2.75, 3.05) is 23.9 Å². The van der Waals surface area contributed by atoms with Crippen molar-refractivity contribution in [1.29, 1.82) is 0 Å². The molecule has 1 saturated heterocycles. The Morgan fingerprint density at radius 3 is 2.65 bits per heavy atom. The summed E-state index contributed by atoms with van der Waals surface area (Å²) in [5.74, 6) is 0.627. The highest BCUT2D eigenvalue weighted by Gasteiger charge is 2.15. The lowest BCUT2D eigenvalue weighted by Gasteiger charge is -2.19. The normalized spacial score (nSPS) is 16.6. The van der Waals surface area contributed by atoms with Crippen LogP contribution in [-0.2, 0) is 0 Å². The summed E-state index contributed by atoms with van der Waals surface area (Å²) in [5.41, 5.74) is 7.40. The second-order valence-electron chi connectivity index (χ2n) is 4.07. The molecule has 0 aromatic heterocycles. The van der Waals surface area contributed by atoms with Gasteiger partial charge < -0.3 is 10.6 Å². The van der Waals surface area contributed by atoms with Crippen molar-refractivity contribution in [2.45, 2.75) is 12.8 Å². The minimum absolute atomic E-state index is 0.228. The minimum atomic E-state index is 0.228. The lowest BCUT2D eigenvalue weighted by molar-refractivity contribution is 0.949. The molecule has 0 spiro atoms. The highest BCUT2D eigenvalue weighted by molar-refractivity contribution is 6.33. The predicted molar refractivity (Wildman–Crippen MR) is 74.9 cm³/mol. The summed E-state index contributed by atoms with van der Waals surface area (Å²) in [5, 5.41) is 0.718. The maximum Gasteiger partial charge on any atom is 0.115 e. The molecule has 1 aromatic rings. The first-order valence-electron chi connectivity index (χ1n) is 5.64. The number of nitrogens with two attached hydrogens (primary N) is 1. The van der Waals surface area contributed by atoms with E-state index in [-0.39, 0.29) is 5.88 Å². The average Bonchev–Trinajstić information content (AvgIpc) is 2.82. The van der Waals surface area contributed by atoms with Crippen molar-refractivity contribution < 1.29 is 0 Å². The molecule has 92 valence electrons. The van der Waals surface area contributed by atoms with E-state index in [1.807, 2.05) is 18.2 Å². The van der Waals surface area contributed by atoms with Gasteiger partial charge in [-0.25, -0.2) is 4.99 Å². The van der Waals surface area contributed by atoms with Gasteiger partial charge in [0.15, 0.2) is 0 Å². The number of anilines is 1. The maximum atomic E-state index is 6.25. The molecule has 3 nitrogen and oxygen atoms in total. The lowest BCUT2D eigenvalue weighted by Crippen LogP contribution is -2.17. The lowest BCUT2D eigenvalue weighted by atomic mass is 10.2. The number of aliphatic imine (C=N–C) groups is 1. The molecule has 1 fully saturated rings. The van der Waals surface area contributed by atoms with Crippen molar-refractivity contribution in [2.24, 2.45) is 10.7 Å². The summed E-state index contributed by atoms with van der Waals surface area (Å²) in [4.78, 5) is 6.46. The number of rotatable bonds is 3. The minimum Gasteiger partial charge on any atom is -0.386 e. The molecule has 0 amide bonds. The van der Waals surface area contributed by atoms with Crippen LogP contribution in [0.15, 0.2) is 23.2 Å². The fourth-order valence-electron chi connectivity index (χ4n) is 1.98. The molecule has 0 atom stereocenters. The Kier molecular flexibility index (Phi) is 4.13. The van der Waals surface area contributed by atoms with Crippen LogP contribution in [0.1, 0.15) is 12.8 Å². The van der Waals surface area contributed by atoms with Crippen LogP contribution in [0, 0.1) is 0 Å². The van der Waals surface area contributed by atoms with Gasteiger partial charge in [0.25, 0.3) is 0 Å². The molecule has 17 heavy (non-hydrogen) atoms. The number of hydrogen-bond donors (Lipinski definition) is 1. The topological polar surface area (TPSA) is 41.6 Å². The molecular weight excluding hydrogens is 257 g/mol. The molecule has 1 heterocycles. The zero-order chi connectivity index (χ0) is 12.3. The highest BCUT2D eigenvalue weighted by atomic mass is 35.5. The predicted octanol–water partition coefficient (Wildman–Crippen LogP) is 3.17. The Labute approximate surface area is 111 Å². The standard InChI is InChI=1S/C12H15Cl2N3/c13-8-12(15)16-9-3-4-11(10(14)7-9)17-5-1-2-6-17/h3-4,7H,1-2,5-6,8H2,(H2,15,16). The second kappa shape index (κ2) is 5.61. The van der Waals surface area contributed by atoms with Crippen LogP contribution < -0.4 is 10.6 Å². The van der Waals surface area contributed by atoms with Gasteiger partial charge in [0.05, 0.1) is 22.3 Å². The Hall–Kier alpha value is -0.930. The first-order chi connectivity index (χ1) is 8.20. The van der Waals surface area contributed by atoms with Gasteiger partial charge in [-0.3, -0.25) is 0 Å². The molecule has 0 bridgehead atoms. The molecule has 1 aromatic carbocycles. The van der Waals surface area contributed by atoms with Crippen molar-refractivity contribution in [3.05, 3.63) is 23.2 Å². The van der Waals surface area contributed by atoms with E-state index in [0.29, 0.717) is 5.84 Å². The third kappa shape index (κ3) is 3.05. The van der Waals surface area contributed by atoms with Crippen LogP contribution >= 0.6 is 23.2 Å². The van der Waals surface area contributed by atoms with Crippen LogP contribution in [0.25, 0.3) is 0 Å². The Bertz CT molecular complexity index is 426. The number of hydrogen-bond acceptors (Lipinski definition) is 2. The van der Waals surface area contributed by atoms with E-state index in [2.05, 4.69) is 9.89 Å². The number of nitrogens with zero attached hydrogens (tertiary/aromatic N) is 2. The van der Waals surface area contributed by atoms with Gasteiger partial charge in [-0.2, -0.15) is 0 Å². The maximum absolute atomic E-state index is 6.25. The number of amidine groups is 1. The average molecular weight is 272 g/mol. The molecular formula is C12H15Cl2N3. The molecule has 2 rings (SSSR count). The summed E-state index contributed by atoms with van der Waals surface area (Å²) in [6.07, 6.45) is 2.46. The van der Waals surface area contributed by atoms with Gasteiger partial charge in [-0.05, 0) is 31.0 Å². The summed E-state index contributed by atoms with van der Waals surface area (Å²) in [6.45, 7) is 2.15. The number of halogens is 2. The summed E-state index contributed by atoms with van der Waals surface area (Å²) >= 11 is 11.8. The smallest absolute Gasteiger partial charge is 0.115 e. The molecule has 5 heteroatoms. The summed E-state index contributed by atoms with van der Waals surface area (Å²) < 4.78 is 0. The molecule has 1 aliphatic rings. The van der Waals surface area contributed by atoms with Gasteiger partial charge in [-0.1, -0.05) is 11.6 Å². The van der Waals surface area contributed by atoms with Crippen molar-refractivity contribution in [3.8, 4) is 0 Å². The first kappa shape index (κ1) is 12.5. The molecule has 0 saturated carbocycles. The first-order valence-corrected chi connectivity index (χ1v) is 6.55. The van der Waals surface area contributed by atoms with Crippen LogP contribution in [-0.4, -0.2) is 24.8 Å². The molecule has 0 unspecified atom stereocenters. The third-order valence-corrected chi connectivity index (χ3v) is 3.36. The van der Waals surface area contributed by atoms with Crippen LogP contribution in [0.5, 0.6) is 0 Å². The van der Waals surface area contributed by atoms with Gasteiger partial charge >= 0.3 is 0 Å². The summed E-state index contributed by atoms with van der Waals surface area (Å²) in [6, 6.07) is 5.74. The fraction of sp³-hybridized carbons (Fsp3) is 0.417. The Morgan fingerprint density at radius 1 is 1.35 bits per heavy atom. The van der Waals surface area contributed by atoms with Crippen molar-refractivity contribution in [1.82, 2.24) is 0 Å². The van der Waals surface area contributed by atoms with Gasteiger partial charge in [0.1, 0.15) is 5.84 Å². The van der Waals surface area contributed by atoms with E-state index in [9.17, 15) is 0 Å². The second-order valence-corrected chi connectivity index (χ2v) is 4.74. The highest BCUT2D eigenvalue weighted by Crippen LogP contribution is 2.31. The van der Waals surface area contributed by atoms with Gasteiger partial charge in [-0.15, -0.1) is 11.6 Å². The Balaban J connectivity index is 2.22. The molecule has 0 aliphatic carbocycles. The van der Waals surface area contributed by atoms with E-state index >= 15 is 0 Å². The molecule has 0 radical (unpaired) electrons. The summed E-state index contributed by atoms with van der Waals surface area (Å²) in [7, 11) is 0. The number of alkyl halides is 1. The molecule has 1 aliphatic heterocycles. The van der Waals surface area contributed by atoms with E-state index < -0.39 is 0 Å². The van der Waals surface area contributed by atoms with Crippen molar-refractivity contribution in [3.63, 3.8) is 0 Å². The van der Waals surface area contributed by atoms with Crippen LogP contribution in [0.3, 0.4) is 0 Å². The largest absolute Gasteiger partial charge is 0.386 e. The zero-order valence-electron chi connectivity index (χ0n) is 9.50. The number of benzene rings is 1. The van der Waals surface area contributed by atoms with Crippen molar-refractivity contribution >= 4 is 40.4 Å². The van der Waals surface area contributed by atoms with E-state index in [4.69, 9.17) is 28.9 Å². The quantitative estimate of drug-likeness (QED) is 0.521. The van der Waals surface area contributed by atoms with Crippen LogP contribution in [0.4, 0.5) is 11.4 Å². The Morgan fingerprint density at radius 2 is 2.06 bits per heavy atom. The van der Waals surface area contributed by atoms with Gasteiger partial charge in [0, 0.05) is 13.1 Å². The fourth-order valence-corrected chi connectivity index (χ4v) is 2.33. The SMILES string of the molecule is NC(CCl)=Nc1ccc(N2CCCC2)c(Cl)c1. The van der Waals surface area contributed by atoms with E-state index in [0.717, 1.165) is 29.5 Å². The molecule has 2 N–H and O–H groups in total. The third-order valence-electron chi connectivity index (χ3n) is 2.79. The zero-order valence-corrected chi connectivity index (χ0v) is 11.0.